The van der Waals surface area contributed by atoms with Crippen LogP contribution in [0.3, 0.4) is 0 Å². The number of anilines is 1. The summed E-state index contributed by atoms with van der Waals surface area (Å²) in [6.45, 7) is 7.91. The van der Waals surface area contributed by atoms with Crippen molar-refractivity contribution in [2.24, 2.45) is 0 Å². The SMILES string of the molecule is CCN(CC(=O)NC(C)C)C(=O)c1cn2c(n1)NCCC2. The van der Waals surface area contributed by atoms with Crippen molar-refractivity contribution in [2.75, 3.05) is 25.0 Å². The molecule has 0 radical (unpaired) electrons. The number of rotatable bonds is 5. The molecule has 1 aromatic rings. The zero-order chi connectivity index (χ0) is 15.4. The number of imidazole rings is 1. The summed E-state index contributed by atoms with van der Waals surface area (Å²) in [6.07, 6.45) is 2.78. The Bertz CT molecular complexity index is 500. The Morgan fingerprint density at radius 1 is 1.52 bits per heavy atom. The lowest BCUT2D eigenvalue weighted by Gasteiger charge is -2.20. The topological polar surface area (TPSA) is 79.3 Å². The Hall–Kier alpha value is -2.05. The van der Waals surface area contributed by atoms with E-state index in [1.807, 2.05) is 25.3 Å². The number of nitrogens with one attached hydrogen (secondary N) is 2. The quantitative estimate of drug-likeness (QED) is 0.837. The minimum Gasteiger partial charge on any atom is -0.356 e. The summed E-state index contributed by atoms with van der Waals surface area (Å²) >= 11 is 0. The monoisotopic (exact) mass is 293 g/mol. The van der Waals surface area contributed by atoms with Gasteiger partial charge in [-0.15, -0.1) is 0 Å². The van der Waals surface area contributed by atoms with Crippen LogP contribution < -0.4 is 10.6 Å². The lowest BCUT2D eigenvalue weighted by molar-refractivity contribution is -0.122. The Kier molecular flexibility index (Phi) is 4.82. The molecule has 7 heteroatoms. The molecule has 0 unspecified atom stereocenters. The Balaban J connectivity index is 2.05. The van der Waals surface area contributed by atoms with Crippen molar-refractivity contribution < 1.29 is 9.59 Å². The molecule has 7 nitrogen and oxygen atoms in total. The predicted octanol–water partition coefficient (Wildman–Crippen LogP) is 0.685. The summed E-state index contributed by atoms with van der Waals surface area (Å²) in [7, 11) is 0. The number of amides is 2. The minimum atomic E-state index is -0.208. The number of carbonyl (C=O) groups excluding carboxylic acids is 2. The second kappa shape index (κ2) is 6.60. The molecule has 0 saturated carbocycles. The molecule has 0 aromatic carbocycles. The molecule has 0 saturated heterocycles. The molecule has 0 aliphatic carbocycles. The minimum absolute atomic E-state index is 0.0587. The summed E-state index contributed by atoms with van der Waals surface area (Å²) in [5, 5.41) is 5.96. The largest absolute Gasteiger partial charge is 0.356 e. The van der Waals surface area contributed by atoms with E-state index < -0.39 is 0 Å². The van der Waals surface area contributed by atoms with Gasteiger partial charge in [0.05, 0.1) is 6.54 Å². The number of fused-ring (bicyclic) bond motifs is 1. The van der Waals surface area contributed by atoms with E-state index in [-0.39, 0.29) is 24.4 Å². The van der Waals surface area contributed by atoms with E-state index in [9.17, 15) is 9.59 Å². The van der Waals surface area contributed by atoms with Crippen molar-refractivity contribution >= 4 is 17.8 Å². The Morgan fingerprint density at radius 2 is 2.29 bits per heavy atom. The van der Waals surface area contributed by atoms with Gasteiger partial charge >= 0.3 is 0 Å². The molecule has 21 heavy (non-hydrogen) atoms. The van der Waals surface area contributed by atoms with Crippen molar-refractivity contribution in [1.29, 1.82) is 0 Å². The van der Waals surface area contributed by atoms with Crippen LogP contribution in [0, 0.1) is 0 Å². The van der Waals surface area contributed by atoms with Crippen molar-refractivity contribution in [3.05, 3.63) is 11.9 Å². The fourth-order valence-electron chi connectivity index (χ4n) is 2.31. The molecule has 0 spiro atoms. The Labute approximate surface area is 124 Å². The zero-order valence-electron chi connectivity index (χ0n) is 12.8. The van der Waals surface area contributed by atoms with Crippen LogP contribution >= 0.6 is 0 Å². The highest BCUT2D eigenvalue weighted by Gasteiger charge is 2.22. The molecule has 2 amide bonds. The van der Waals surface area contributed by atoms with Crippen LogP contribution in [-0.4, -0.2) is 51.9 Å². The fourth-order valence-corrected chi connectivity index (χ4v) is 2.31. The first-order chi connectivity index (χ1) is 10.0. The Morgan fingerprint density at radius 3 is 2.90 bits per heavy atom. The molecule has 0 atom stereocenters. The van der Waals surface area contributed by atoms with Gasteiger partial charge in [-0.3, -0.25) is 9.59 Å². The summed E-state index contributed by atoms with van der Waals surface area (Å²) in [5.41, 5.74) is 0.388. The first-order valence-electron chi connectivity index (χ1n) is 7.41. The molecule has 2 N–H and O–H groups in total. The third-order valence-electron chi connectivity index (χ3n) is 3.31. The van der Waals surface area contributed by atoms with Crippen molar-refractivity contribution in [3.63, 3.8) is 0 Å². The summed E-state index contributed by atoms with van der Waals surface area (Å²) in [6, 6.07) is 0.0652. The molecular weight excluding hydrogens is 270 g/mol. The second-order valence-electron chi connectivity index (χ2n) is 5.47. The van der Waals surface area contributed by atoms with Gasteiger partial charge in [-0.25, -0.2) is 4.98 Å². The molecule has 1 aliphatic rings. The first-order valence-corrected chi connectivity index (χ1v) is 7.41. The highest BCUT2D eigenvalue weighted by Crippen LogP contribution is 2.15. The number of aryl methyl sites for hydroxylation is 1. The third-order valence-corrected chi connectivity index (χ3v) is 3.31. The molecule has 1 aromatic heterocycles. The maximum absolute atomic E-state index is 12.5. The van der Waals surface area contributed by atoms with Crippen LogP contribution in [0.4, 0.5) is 5.95 Å². The molecule has 0 fully saturated rings. The van der Waals surface area contributed by atoms with Gasteiger partial charge in [0.2, 0.25) is 11.9 Å². The van der Waals surface area contributed by atoms with Crippen molar-refractivity contribution in [2.45, 2.75) is 39.8 Å². The number of hydrogen-bond donors (Lipinski definition) is 2. The summed E-state index contributed by atoms with van der Waals surface area (Å²) < 4.78 is 1.94. The van der Waals surface area contributed by atoms with Crippen LogP contribution in [0.1, 0.15) is 37.7 Å². The van der Waals surface area contributed by atoms with Crippen LogP contribution in [0.15, 0.2) is 6.20 Å². The normalized spacial score (nSPS) is 13.5. The maximum Gasteiger partial charge on any atom is 0.274 e. The average molecular weight is 293 g/mol. The molecule has 116 valence electrons. The number of likely N-dealkylation sites (N-methyl/N-ethyl adjacent to an activating group) is 1. The van der Waals surface area contributed by atoms with E-state index in [2.05, 4.69) is 15.6 Å². The predicted molar refractivity (Wildman–Crippen MR) is 80.2 cm³/mol. The third kappa shape index (κ3) is 3.74. The smallest absolute Gasteiger partial charge is 0.274 e. The molecule has 0 bridgehead atoms. The van der Waals surface area contributed by atoms with Gasteiger partial charge in [-0.2, -0.15) is 0 Å². The van der Waals surface area contributed by atoms with Gasteiger partial charge < -0.3 is 20.1 Å². The number of aromatic nitrogens is 2. The highest BCUT2D eigenvalue weighted by atomic mass is 16.2. The van der Waals surface area contributed by atoms with Gasteiger partial charge in [-0.1, -0.05) is 0 Å². The van der Waals surface area contributed by atoms with Crippen LogP contribution in [0.5, 0.6) is 0 Å². The van der Waals surface area contributed by atoms with E-state index in [0.717, 1.165) is 25.5 Å². The van der Waals surface area contributed by atoms with Crippen molar-refractivity contribution in [1.82, 2.24) is 19.8 Å². The fraction of sp³-hybridized carbons (Fsp3) is 0.643. The molecular formula is C14H23N5O2. The van der Waals surface area contributed by atoms with E-state index in [1.165, 1.54) is 4.90 Å². The zero-order valence-corrected chi connectivity index (χ0v) is 12.8. The van der Waals surface area contributed by atoms with Crippen LogP contribution in [0.25, 0.3) is 0 Å². The van der Waals surface area contributed by atoms with Gasteiger partial charge in [0.15, 0.2) is 0 Å². The molecule has 2 heterocycles. The van der Waals surface area contributed by atoms with Gasteiger partial charge in [0.25, 0.3) is 5.91 Å². The van der Waals surface area contributed by atoms with Crippen molar-refractivity contribution in [3.8, 4) is 0 Å². The van der Waals surface area contributed by atoms with Gasteiger partial charge in [0.1, 0.15) is 5.69 Å². The number of carbonyl (C=O) groups is 2. The second-order valence-corrected chi connectivity index (χ2v) is 5.47. The number of nitrogens with zero attached hydrogens (tertiary/aromatic N) is 3. The van der Waals surface area contributed by atoms with Gasteiger partial charge in [0, 0.05) is 31.9 Å². The van der Waals surface area contributed by atoms with E-state index in [1.54, 1.807) is 6.20 Å². The number of hydrogen-bond acceptors (Lipinski definition) is 4. The average Bonchev–Trinajstić information content (AvgIpc) is 2.87. The molecule has 2 rings (SSSR count). The molecule has 1 aliphatic heterocycles. The highest BCUT2D eigenvalue weighted by molar-refractivity contribution is 5.95. The maximum atomic E-state index is 12.5. The summed E-state index contributed by atoms with van der Waals surface area (Å²) in [5.74, 6) is 0.370. The van der Waals surface area contributed by atoms with E-state index in [0.29, 0.717) is 12.2 Å². The lowest BCUT2D eigenvalue weighted by atomic mass is 10.3. The van der Waals surface area contributed by atoms with Crippen LogP contribution in [-0.2, 0) is 11.3 Å². The first kappa shape index (κ1) is 15.3. The summed E-state index contributed by atoms with van der Waals surface area (Å²) in [4.78, 5) is 30.1. The van der Waals surface area contributed by atoms with Crippen LogP contribution in [0.2, 0.25) is 0 Å². The standard InChI is InChI=1S/C14H23N5O2/c1-4-18(9-12(20)16-10(2)3)13(21)11-8-19-7-5-6-15-14(19)17-11/h8,10H,4-7,9H2,1-3H3,(H,15,17)(H,16,20). The van der Waals surface area contributed by atoms with E-state index in [4.69, 9.17) is 0 Å². The lowest BCUT2D eigenvalue weighted by Crippen LogP contribution is -2.42. The van der Waals surface area contributed by atoms with E-state index >= 15 is 0 Å². The van der Waals surface area contributed by atoms with Gasteiger partial charge in [-0.05, 0) is 27.2 Å².